The molecule has 1 aliphatic rings. The first-order chi connectivity index (χ1) is 11.3. The topological polar surface area (TPSA) is 87.5 Å². The third kappa shape index (κ3) is 4.27. The summed E-state index contributed by atoms with van der Waals surface area (Å²) in [7, 11) is 0. The molecular formula is C17H28N4O3. The molecule has 2 amide bonds. The van der Waals surface area contributed by atoms with Crippen LogP contribution in [-0.2, 0) is 11.3 Å². The number of nitrogens with one attached hydrogen (secondary N) is 1. The number of hydrogen-bond acceptors (Lipinski definition) is 3. The smallest absolute Gasteiger partial charge is 0.321 e. The summed E-state index contributed by atoms with van der Waals surface area (Å²) in [6.45, 7) is 10.1. The van der Waals surface area contributed by atoms with Crippen LogP contribution in [0, 0.1) is 11.8 Å². The number of carbonyl (C=O) groups is 2. The lowest BCUT2D eigenvalue weighted by Crippen LogP contribution is -2.34. The minimum atomic E-state index is -0.838. The number of carbonyl (C=O) groups excluding carboxylic acids is 1. The van der Waals surface area contributed by atoms with Gasteiger partial charge in [-0.2, -0.15) is 5.10 Å². The van der Waals surface area contributed by atoms with E-state index in [1.807, 2.05) is 4.68 Å². The summed E-state index contributed by atoms with van der Waals surface area (Å²) in [4.78, 5) is 25.0. The highest BCUT2D eigenvalue weighted by atomic mass is 16.4. The monoisotopic (exact) mass is 336 g/mol. The molecular weight excluding hydrogens is 308 g/mol. The molecule has 2 rings (SSSR count). The number of carboxylic acid groups (broad SMARTS) is 1. The summed E-state index contributed by atoms with van der Waals surface area (Å²) < 4.78 is 1.96. The summed E-state index contributed by atoms with van der Waals surface area (Å²) in [5.41, 5.74) is 1.73. The zero-order chi connectivity index (χ0) is 17.9. The molecule has 1 saturated heterocycles. The Morgan fingerprint density at radius 3 is 2.62 bits per heavy atom. The number of aliphatic carboxylic acids is 1. The highest BCUT2D eigenvalue weighted by Crippen LogP contribution is 2.26. The van der Waals surface area contributed by atoms with Crippen LogP contribution in [0.2, 0.25) is 0 Å². The molecule has 0 bridgehead atoms. The van der Waals surface area contributed by atoms with E-state index in [4.69, 9.17) is 5.11 Å². The van der Waals surface area contributed by atoms with Gasteiger partial charge in [-0.15, -0.1) is 0 Å². The van der Waals surface area contributed by atoms with Crippen molar-refractivity contribution in [3.8, 4) is 0 Å². The van der Waals surface area contributed by atoms with Crippen LogP contribution >= 0.6 is 0 Å². The SMILES string of the molecule is CC(C)CCn1ncc(NC(=O)N2CCC(C(=O)O)C2)c1C(C)C. The lowest BCUT2D eigenvalue weighted by Gasteiger charge is -2.18. The van der Waals surface area contributed by atoms with Crippen molar-refractivity contribution in [1.29, 1.82) is 0 Å². The molecule has 7 nitrogen and oxygen atoms in total. The number of urea groups is 1. The maximum Gasteiger partial charge on any atom is 0.321 e. The minimum Gasteiger partial charge on any atom is -0.481 e. The highest BCUT2D eigenvalue weighted by Gasteiger charge is 2.31. The van der Waals surface area contributed by atoms with E-state index < -0.39 is 11.9 Å². The molecule has 1 aromatic heterocycles. The summed E-state index contributed by atoms with van der Waals surface area (Å²) in [5.74, 6) is -0.478. The van der Waals surface area contributed by atoms with E-state index in [0.717, 1.165) is 24.3 Å². The van der Waals surface area contributed by atoms with Crippen LogP contribution in [0.15, 0.2) is 6.20 Å². The van der Waals surface area contributed by atoms with Gasteiger partial charge in [-0.25, -0.2) is 4.79 Å². The maximum atomic E-state index is 12.4. The average Bonchev–Trinajstić information content (AvgIpc) is 3.11. The third-order valence-electron chi connectivity index (χ3n) is 4.41. The minimum absolute atomic E-state index is 0.236. The molecule has 2 heterocycles. The Labute approximate surface area is 143 Å². The molecule has 1 aliphatic heterocycles. The van der Waals surface area contributed by atoms with Crippen molar-refractivity contribution in [1.82, 2.24) is 14.7 Å². The Kier molecular flexibility index (Phi) is 5.85. The number of aryl methyl sites for hydroxylation is 1. The fourth-order valence-electron chi connectivity index (χ4n) is 3.00. The number of aromatic nitrogens is 2. The Hall–Kier alpha value is -2.05. The van der Waals surface area contributed by atoms with Gasteiger partial charge in [0, 0.05) is 19.6 Å². The quantitative estimate of drug-likeness (QED) is 0.836. The zero-order valence-corrected chi connectivity index (χ0v) is 15.0. The average molecular weight is 336 g/mol. The molecule has 1 unspecified atom stereocenters. The number of carboxylic acids is 1. The number of anilines is 1. The van der Waals surface area contributed by atoms with Gasteiger partial charge in [0.15, 0.2) is 0 Å². The second kappa shape index (κ2) is 7.68. The molecule has 134 valence electrons. The lowest BCUT2D eigenvalue weighted by molar-refractivity contribution is -0.141. The van der Waals surface area contributed by atoms with Crippen LogP contribution in [0.4, 0.5) is 10.5 Å². The van der Waals surface area contributed by atoms with Crippen molar-refractivity contribution in [3.63, 3.8) is 0 Å². The van der Waals surface area contributed by atoms with E-state index in [1.54, 1.807) is 11.1 Å². The van der Waals surface area contributed by atoms with E-state index in [1.165, 1.54) is 0 Å². The van der Waals surface area contributed by atoms with Gasteiger partial charge in [-0.05, 0) is 24.7 Å². The van der Waals surface area contributed by atoms with Gasteiger partial charge < -0.3 is 15.3 Å². The first-order valence-corrected chi connectivity index (χ1v) is 8.64. The standard InChI is InChI=1S/C17H28N4O3/c1-11(2)5-8-21-15(12(3)4)14(9-18-21)19-17(24)20-7-6-13(10-20)16(22)23/h9,11-13H,5-8,10H2,1-4H3,(H,19,24)(H,22,23). The van der Waals surface area contributed by atoms with Gasteiger partial charge in [0.05, 0.1) is 23.5 Å². The second-order valence-electron chi connectivity index (χ2n) is 7.20. The van der Waals surface area contributed by atoms with Gasteiger partial charge in [-0.1, -0.05) is 27.7 Å². The van der Waals surface area contributed by atoms with Crippen LogP contribution in [0.25, 0.3) is 0 Å². The molecule has 0 saturated carbocycles. The summed E-state index contributed by atoms with van der Waals surface area (Å²) in [6.07, 6.45) is 3.23. The molecule has 24 heavy (non-hydrogen) atoms. The fourth-order valence-corrected chi connectivity index (χ4v) is 3.00. The van der Waals surface area contributed by atoms with E-state index in [0.29, 0.717) is 18.9 Å². The van der Waals surface area contributed by atoms with Gasteiger partial charge in [0.1, 0.15) is 0 Å². The summed E-state index contributed by atoms with van der Waals surface area (Å²) in [5, 5.41) is 16.4. The third-order valence-corrected chi connectivity index (χ3v) is 4.41. The van der Waals surface area contributed by atoms with E-state index >= 15 is 0 Å². The Morgan fingerprint density at radius 2 is 2.08 bits per heavy atom. The second-order valence-corrected chi connectivity index (χ2v) is 7.20. The first kappa shape index (κ1) is 18.3. The van der Waals surface area contributed by atoms with Crippen LogP contribution < -0.4 is 5.32 Å². The number of rotatable bonds is 6. The largest absolute Gasteiger partial charge is 0.481 e. The van der Waals surface area contributed by atoms with Gasteiger partial charge in [0.2, 0.25) is 0 Å². The van der Waals surface area contributed by atoms with Crippen molar-refractivity contribution >= 4 is 17.7 Å². The Morgan fingerprint density at radius 1 is 1.38 bits per heavy atom. The van der Waals surface area contributed by atoms with Gasteiger partial charge in [0.25, 0.3) is 0 Å². The number of likely N-dealkylation sites (tertiary alicyclic amines) is 1. The molecule has 1 atom stereocenters. The van der Waals surface area contributed by atoms with E-state index in [9.17, 15) is 9.59 Å². The summed E-state index contributed by atoms with van der Waals surface area (Å²) >= 11 is 0. The van der Waals surface area contributed by atoms with Gasteiger partial charge >= 0.3 is 12.0 Å². The summed E-state index contributed by atoms with van der Waals surface area (Å²) in [6, 6.07) is -0.246. The van der Waals surface area contributed by atoms with Crippen molar-refractivity contribution in [2.24, 2.45) is 11.8 Å². The maximum absolute atomic E-state index is 12.4. The first-order valence-electron chi connectivity index (χ1n) is 8.64. The predicted octanol–water partition coefficient (Wildman–Crippen LogP) is 2.99. The molecule has 0 radical (unpaired) electrons. The Balaban J connectivity index is 2.06. The van der Waals surface area contributed by atoms with Crippen LogP contribution in [0.3, 0.4) is 0 Å². The van der Waals surface area contributed by atoms with E-state index in [2.05, 4.69) is 38.1 Å². The van der Waals surface area contributed by atoms with Crippen molar-refractivity contribution in [2.45, 2.75) is 53.0 Å². The van der Waals surface area contributed by atoms with Crippen LogP contribution in [0.5, 0.6) is 0 Å². The van der Waals surface area contributed by atoms with Crippen molar-refractivity contribution in [3.05, 3.63) is 11.9 Å². The Bertz CT molecular complexity index is 595. The van der Waals surface area contributed by atoms with E-state index in [-0.39, 0.29) is 18.5 Å². The van der Waals surface area contributed by atoms with Crippen molar-refractivity contribution < 1.29 is 14.7 Å². The predicted molar refractivity (Wildman–Crippen MR) is 92.1 cm³/mol. The van der Waals surface area contributed by atoms with Crippen LogP contribution in [-0.4, -0.2) is 44.9 Å². The zero-order valence-electron chi connectivity index (χ0n) is 15.0. The van der Waals surface area contributed by atoms with Crippen molar-refractivity contribution in [2.75, 3.05) is 18.4 Å². The number of nitrogens with zero attached hydrogens (tertiary/aromatic N) is 3. The highest BCUT2D eigenvalue weighted by molar-refractivity contribution is 5.90. The molecule has 0 spiro atoms. The lowest BCUT2D eigenvalue weighted by atomic mass is 10.1. The molecule has 1 aromatic rings. The normalized spacial score (nSPS) is 17.8. The fraction of sp³-hybridized carbons (Fsp3) is 0.706. The number of amides is 2. The molecule has 1 fully saturated rings. The number of hydrogen-bond donors (Lipinski definition) is 2. The molecule has 7 heteroatoms. The molecule has 2 N–H and O–H groups in total. The molecule has 0 aliphatic carbocycles. The molecule has 0 aromatic carbocycles. The van der Waals surface area contributed by atoms with Crippen LogP contribution in [0.1, 0.15) is 52.1 Å². The van der Waals surface area contributed by atoms with Gasteiger partial charge in [-0.3, -0.25) is 9.48 Å².